The molecule has 2 aliphatic rings. The summed E-state index contributed by atoms with van der Waals surface area (Å²) >= 11 is 0. The van der Waals surface area contributed by atoms with E-state index in [1.807, 2.05) is 0 Å². The van der Waals surface area contributed by atoms with E-state index in [0.717, 1.165) is 13.0 Å². The Balaban J connectivity index is 1.80. The molecule has 2 aliphatic heterocycles. The third-order valence-corrected chi connectivity index (χ3v) is 6.42. The topological polar surface area (TPSA) is 18.5 Å². The highest BCUT2D eigenvalue weighted by Gasteiger charge is 3.03. The number of fused-ring (bicyclic) bond motifs is 1. The van der Waals surface area contributed by atoms with Crippen LogP contribution in [0.5, 0.6) is 0 Å². The second-order valence-corrected chi connectivity index (χ2v) is 8.75. The number of likely N-dealkylation sites (N-methyl/N-ethyl adjacent to an activating group) is 1. The molecule has 0 saturated carbocycles. The Kier molecular flexibility index (Phi) is 3.61. The third-order valence-electron chi connectivity index (χ3n) is 6.42. The lowest BCUT2D eigenvalue weighted by atomic mass is 9.72. The normalized spacial score (nSPS) is 39.6. The molecule has 0 spiro atoms. The van der Waals surface area contributed by atoms with Gasteiger partial charge in [-0.25, -0.2) is 0 Å². The molecule has 118 valence electrons. The molecule has 2 fully saturated rings. The molecule has 2 heterocycles. The van der Waals surface area contributed by atoms with Crippen molar-refractivity contribution in [1.29, 1.82) is 0 Å². The lowest BCUT2D eigenvalue weighted by molar-refractivity contribution is -0.734. The fourth-order valence-corrected chi connectivity index (χ4v) is 4.55. The summed E-state index contributed by atoms with van der Waals surface area (Å²) in [5.74, 6) is 0. The smallest absolute Gasteiger partial charge is 0.204 e. The number of quaternary nitrogens is 1. The van der Waals surface area contributed by atoms with E-state index in [-0.39, 0.29) is 11.0 Å². The van der Waals surface area contributed by atoms with Crippen LogP contribution >= 0.6 is 0 Å². The van der Waals surface area contributed by atoms with Crippen molar-refractivity contribution >= 4 is 0 Å². The number of ether oxygens (including phenoxy) is 2. The number of hydrogen-bond donors (Lipinski definition) is 0. The van der Waals surface area contributed by atoms with E-state index in [0.29, 0.717) is 24.3 Å². The first-order chi connectivity index (χ1) is 8.97. The summed E-state index contributed by atoms with van der Waals surface area (Å²) in [6, 6.07) is 0. The van der Waals surface area contributed by atoms with Gasteiger partial charge < -0.3 is 9.47 Å². The van der Waals surface area contributed by atoms with E-state index >= 15 is 0 Å². The van der Waals surface area contributed by atoms with Gasteiger partial charge in [0.05, 0.1) is 25.9 Å². The van der Waals surface area contributed by atoms with Gasteiger partial charge in [0.1, 0.15) is 13.2 Å². The number of rotatable bonds is 7. The van der Waals surface area contributed by atoms with Gasteiger partial charge in [0.2, 0.25) is 5.54 Å². The molecule has 0 amide bonds. The predicted molar refractivity (Wildman–Crippen MR) is 82.8 cm³/mol. The van der Waals surface area contributed by atoms with Crippen LogP contribution in [0.2, 0.25) is 0 Å². The fraction of sp³-hybridized carbons (Fsp3) is 1.00. The molecule has 0 aliphatic carbocycles. The first-order valence-electron chi connectivity index (χ1n) is 8.05. The quantitative estimate of drug-likeness (QED) is 0.406. The Morgan fingerprint density at radius 1 is 1.10 bits per heavy atom. The van der Waals surface area contributed by atoms with Crippen LogP contribution in [0.1, 0.15) is 54.9 Å². The SMILES string of the molecule is CCC(C)(C)OCCOCC1(C(C)(C)C)C2(C)C[N+]21C. The minimum absolute atomic E-state index is 0.0270. The van der Waals surface area contributed by atoms with E-state index < -0.39 is 0 Å². The molecule has 2 saturated heterocycles. The minimum Gasteiger partial charge on any atom is -0.373 e. The zero-order valence-electron chi connectivity index (χ0n) is 14.8. The Morgan fingerprint density at radius 3 is 2.00 bits per heavy atom. The molecule has 0 radical (unpaired) electrons. The minimum atomic E-state index is -0.0270. The maximum atomic E-state index is 6.02. The maximum absolute atomic E-state index is 6.02. The van der Waals surface area contributed by atoms with Crippen LogP contribution in [0, 0.1) is 5.41 Å². The summed E-state index contributed by atoms with van der Waals surface area (Å²) in [4.78, 5) is 0. The molecule has 0 aromatic carbocycles. The largest absolute Gasteiger partial charge is 0.373 e. The van der Waals surface area contributed by atoms with E-state index in [4.69, 9.17) is 9.47 Å². The van der Waals surface area contributed by atoms with Crippen LogP contribution in [0.15, 0.2) is 0 Å². The molecule has 3 unspecified atom stereocenters. The second kappa shape index (κ2) is 4.44. The summed E-state index contributed by atoms with van der Waals surface area (Å²) in [6.07, 6.45) is 1.03. The van der Waals surface area contributed by atoms with Gasteiger partial charge >= 0.3 is 0 Å². The second-order valence-electron chi connectivity index (χ2n) is 8.75. The Labute approximate surface area is 125 Å². The molecule has 3 atom stereocenters. The number of nitrogens with zero attached hydrogens (tertiary/aromatic N) is 1. The Bertz CT molecular complexity index is 361. The van der Waals surface area contributed by atoms with E-state index in [1.165, 1.54) is 11.0 Å². The van der Waals surface area contributed by atoms with E-state index in [9.17, 15) is 0 Å². The van der Waals surface area contributed by atoms with Gasteiger partial charge in [0.25, 0.3) is 0 Å². The molecule has 0 bridgehead atoms. The molecule has 3 nitrogen and oxygen atoms in total. The highest BCUT2D eigenvalue weighted by atomic mass is 16.5. The van der Waals surface area contributed by atoms with Crippen LogP contribution in [0.4, 0.5) is 0 Å². The molecule has 3 heteroatoms. The highest BCUT2D eigenvalue weighted by Crippen LogP contribution is 2.78. The highest BCUT2D eigenvalue weighted by molar-refractivity contribution is 5.29. The van der Waals surface area contributed by atoms with Gasteiger partial charge in [-0.15, -0.1) is 0 Å². The zero-order valence-corrected chi connectivity index (χ0v) is 14.8. The lowest BCUT2D eigenvalue weighted by Crippen LogP contribution is -2.51. The third kappa shape index (κ3) is 1.97. The van der Waals surface area contributed by atoms with Gasteiger partial charge in [-0.2, -0.15) is 0 Å². The average Bonchev–Trinajstić information content (AvgIpc) is 3.01. The van der Waals surface area contributed by atoms with Gasteiger partial charge in [-0.05, 0) is 20.3 Å². The van der Waals surface area contributed by atoms with Crippen LogP contribution in [-0.4, -0.2) is 54.6 Å². The molecule has 0 aromatic heterocycles. The molecule has 20 heavy (non-hydrogen) atoms. The first-order valence-corrected chi connectivity index (χ1v) is 8.05. The molecule has 0 aromatic rings. The van der Waals surface area contributed by atoms with Crippen molar-refractivity contribution < 1.29 is 14.0 Å². The summed E-state index contributed by atoms with van der Waals surface area (Å²) in [6.45, 7) is 19.5. The zero-order chi connectivity index (χ0) is 15.4. The monoisotopic (exact) mass is 284 g/mol. The van der Waals surface area contributed by atoms with Crippen molar-refractivity contribution in [2.45, 2.75) is 71.6 Å². The summed E-state index contributed by atoms with van der Waals surface area (Å²) in [5, 5.41) is 0. The molecule has 0 N–H and O–H groups in total. The van der Waals surface area contributed by atoms with Crippen molar-refractivity contribution in [3.63, 3.8) is 0 Å². The lowest BCUT2D eigenvalue weighted by Gasteiger charge is -2.34. The van der Waals surface area contributed by atoms with Gasteiger partial charge in [-0.1, -0.05) is 27.7 Å². The Morgan fingerprint density at radius 2 is 1.65 bits per heavy atom. The van der Waals surface area contributed by atoms with E-state index in [1.54, 1.807) is 0 Å². The van der Waals surface area contributed by atoms with Gasteiger partial charge in [-0.3, -0.25) is 4.48 Å². The van der Waals surface area contributed by atoms with Crippen molar-refractivity contribution in [3.05, 3.63) is 0 Å². The van der Waals surface area contributed by atoms with Crippen LogP contribution in [0.25, 0.3) is 0 Å². The summed E-state index contributed by atoms with van der Waals surface area (Å²) < 4.78 is 13.1. The Hall–Kier alpha value is -0.120. The predicted octanol–water partition coefficient (Wildman–Crippen LogP) is 3.23. The van der Waals surface area contributed by atoms with E-state index in [2.05, 4.69) is 55.5 Å². The molecular formula is C17H34NO2+. The molecule has 2 rings (SSSR count). The maximum Gasteiger partial charge on any atom is 0.204 e. The standard InChI is InChI=1S/C17H34NO2/c1-9-15(5,6)20-11-10-19-13-17(14(2,3)4)16(7)12-18(16,17)8/h9-13H2,1-8H3/q+1. The van der Waals surface area contributed by atoms with Gasteiger partial charge in [0, 0.05) is 12.3 Å². The van der Waals surface area contributed by atoms with Crippen LogP contribution in [0.3, 0.4) is 0 Å². The first kappa shape index (κ1) is 16.3. The van der Waals surface area contributed by atoms with Crippen LogP contribution < -0.4 is 0 Å². The van der Waals surface area contributed by atoms with Crippen molar-refractivity contribution in [3.8, 4) is 0 Å². The van der Waals surface area contributed by atoms with Crippen molar-refractivity contribution in [1.82, 2.24) is 0 Å². The molecular weight excluding hydrogens is 250 g/mol. The van der Waals surface area contributed by atoms with Crippen LogP contribution in [-0.2, 0) is 9.47 Å². The van der Waals surface area contributed by atoms with Gasteiger partial charge in [0.15, 0.2) is 5.54 Å². The van der Waals surface area contributed by atoms with Crippen molar-refractivity contribution in [2.75, 3.05) is 33.4 Å². The summed E-state index contributed by atoms with van der Waals surface area (Å²) in [5.41, 5.74) is 1.02. The number of hydrogen-bond acceptors (Lipinski definition) is 2. The summed E-state index contributed by atoms with van der Waals surface area (Å²) in [7, 11) is 2.38. The fourth-order valence-electron chi connectivity index (χ4n) is 4.55. The van der Waals surface area contributed by atoms with Crippen molar-refractivity contribution in [2.24, 2.45) is 5.41 Å². The average molecular weight is 284 g/mol.